The van der Waals surface area contributed by atoms with Crippen molar-refractivity contribution in [2.24, 2.45) is 5.10 Å². The first-order valence-corrected chi connectivity index (χ1v) is 7.97. The minimum atomic E-state index is -0.477. The highest BCUT2D eigenvalue weighted by molar-refractivity contribution is 5.93. The second-order valence-corrected chi connectivity index (χ2v) is 5.23. The first-order chi connectivity index (χ1) is 13.1. The van der Waals surface area contributed by atoms with Crippen molar-refractivity contribution in [2.75, 3.05) is 19.0 Å². The molecule has 2 rings (SSSR count). The summed E-state index contributed by atoms with van der Waals surface area (Å²) in [6.07, 6.45) is 1.19. The van der Waals surface area contributed by atoms with Crippen molar-refractivity contribution in [1.82, 2.24) is 5.43 Å². The number of amides is 2. The van der Waals surface area contributed by atoms with Crippen molar-refractivity contribution >= 4 is 23.7 Å². The van der Waals surface area contributed by atoms with Crippen molar-refractivity contribution in [3.05, 3.63) is 54.1 Å². The molecule has 0 bridgehead atoms. The number of para-hydroxylation sites is 2. The van der Waals surface area contributed by atoms with Gasteiger partial charge in [-0.05, 0) is 42.0 Å². The van der Waals surface area contributed by atoms with E-state index >= 15 is 0 Å². The van der Waals surface area contributed by atoms with Gasteiger partial charge in [0.2, 0.25) is 0 Å². The Morgan fingerprint density at radius 2 is 1.89 bits per heavy atom. The zero-order chi connectivity index (χ0) is 19.5. The van der Waals surface area contributed by atoms with Gasteiger partial charge in [-0.1, -0.05) is 12.1 Å². The van der Waals surface area contributed by atoms with Crippen LogP contribution in [0.25, 0.3) is 0 Å². The Morgan fingerprint density at radius 3 is 2.59 bits per heavy atom. The summed E-state index contributed by atoms with van der Waals surface area (Å²) in [7, 11) is 1.53. The van der Waals surface area contributed by atoms with Gasteiger partial charge < -0.3 is 14.8 Å². The fraction of sp³-hybridized carbons (Fsp3) is 0.158. The molecule has 0 aliphatic heterocycles. The number of anilines is 1. The number of carbonyl (C=O) groups excluding carboxylic acids is 2. The van der Waals surface area contributed by atoms with Crippen molar-refractivity contribution in [3.63, 3.8) is 0 Å². The average molecular weight is 366 g/mol. The van der Waals surface area contributed by atoms with Crippen molar-refractivity contribution < 1.29 is 19.1 Å². The summed E-state index contributed by atoms with van der Waals surface area (Å²) in [5, 5.41) is 14.8. The van der Waals surface area contributed by atoms with Crippen LogP contribution in [0, 0.1) is 11.3 Å². The van der Waals surface area contributed by atoms with Gasteiger partial charge in [-0.2, -0.15) is 10.4 Å². The van der Waals surface area contributed by atoms with E-state index < -0.39 is 5.91 Å². The molecule has 0 aliphatic carbocycles. The number of nitriles is 1. The van der Waals surface area contributed by atoms with Crippen LogP contribution in [0.2, 0.25) is 0 Å². The molecule has 8 nitrogen and oxygen atoms in total. The summed E-state index contributed by atoms with van der Waals surface area (Å²) in [5.41, 5.74) is 3.52. The zero-order valence-corrected chi connectivity index (χ0v) is 14.6. The number of benzene rings is 2. The van der Waals surface area contributed by atoms with Crippen LogP contribution in [-0.4, -0.2) is 31.7 Å². The molecular weight excluding hydrogens is 348 g/mol. The van der Waals surface area contributed by atoms with Crippen LogP contribution in [0.1, 0.15) is 12.0 Å². The second-order valence-electron chi connectivity index (χ2n) is 5.23. The van der Waals surface area contributed by atoms with Gasteiger partial charge in [-0.3, -0.25) is 9.59 Å². The number of hydrogen-bond acceptors (Lipinski definition) is 6. The van der Waals surface area contributed by atoms with Crippen molar-refractivity contribution in [1.29, 1.82) is 5.26 Å². The van der Waals surface area contributed by atoms with Crippen molar-refractivity contribution in [3.8, 4) is 17.6 Å². The van der Waals surface area contributed by atoms with Gasteiger partial charge in [0.25, 0.3) is 11.8 Å². The van der Waals surface area contributed by atoms with E-state index in [1.165, 1.54) is 13.3 Å². The predicted octanol–water partition coefficient (Wildman–Crippen LogP) is 2.08. The highest BCUT2D eigenvalue weighted by atomic mass is 16.5. The highest BCUT2D eigenvalue weighted by Gasteiger charge is 2.07. The largest absolute Gasteiger partial charge is 0.495 e. The van der Waals surface area contributed by atoms with Gasteiger partial charge in [-0.25, -0.2) is 5.43 Å². The molecular formula is C19H18N4O4. The number of nitrogens with one attached hydrogen (secondary N) is 2. The monoisotopic (exact) mass is 366 g/mol. The fourth-order valence-electron chi connectivity index (χ4n) is 2.02. The summed E-state index contributed by atoms with van der Waals surface area (Å²) >= 11 is 0. The van der Waals surface area contributed by atoms with Gasteiger partial charge in [0.15, 0.2) is 6.61 Å². The maximum absolute atomic E-state index is 12.0. The number of rotatable bonds is 8. The summed E-state index contributed by atoms with van der Waals surface area (Å²) in [4.78, 5) is 23.1. The van der Waals surface area contributed by atoms with Crippen molar-refractivity contribution in [2.45, 2.75) is 6.42 Å². The number of methoxy groups -OCH3 is 1. The molecule has 0 spiro atoms. The summed E-state index contributed by atoms with van der Waals surface area (Å²) < 4.78 is 10.6. The third kappa shape index (κ3) is 6.51. The van der Waals surface area contributed by atoms with E-state index in [0.717, 1.165) is 5.56 Å². The lowest BCUT2D eigenvalue weighted by atomic mass is 10.2. The lowest BCUT2D eigenvalue weighted by Gasteiger charge is -2.10. The molecule has 0 atom stereocenters. The molecule has 0 aromatic heterocycles. The highest BCUT2D eigenvalue weighted by Crippen LogP contribution is 2.22. The normalized spacial score (nSPS) is 10.1. The van der Waals surface area contributed by atoms with Gasteiger partial charge in [0.1, 0.15) is 17.9 Å². The molecule has 27 heavy (non-hydrogen) atoms. The van der Waals surface area contributed by atoms with E-state index in [1.807, 2.05) is 6.07 Å². The van der Waals surface area contributed by atoms with Crippen LogP contribution in [0.15, 0.2) is 53.6 Å². The molecule has 2 N–H and O–H groups in total. The number of carbonyl (C=O) groups is 2. The van der Waals surface area contributed by atoms with Gasteiger partial charge in [-0.15, -0.1) is 0 Å². The maximum atomic E-state index is 12.0. The Bertz CT molecular complexity index is 857. The Morgan fingerprint density at radius 1 is 1.15 bits per heavy atom. The SMILES string of the molecule is COc1ccccc1NC(=O)COc1ccc(/C=N\NC(=O)CC#N)cc1. The van der Waals surface area contributed by atoms with Crippen LogP contribution in [0.3, 0.4) is 0 Å². The predicted molar refractivity (Wildman–Crippen MR) is 99.5 cm³/mol. The van der Waals surface area contributed by atoms with Gasteiger partial charge in [0.05, 0.1) is 25.1 Å². The lowest BCUT2D eigenvalue weighted by molar-refractivity contribution is -0.120. The molecule has 8 heteroatoms. The minimum absolute atomic E-state index is 0.157. The molecule has 0 saturated heterocycles. The molecule has 2 aromatic rings. The summed E-state index contributed by atoms with van der Waals surface area (Å²) in [6.45, 7) is -0.157. The van der Waals surface area contributed by atoms with E-state index in [0.29, 0.717) is 17.2 Å². The number of ether oxygens (including phenoxy) is 2. The number of hydrazone groups is 1. The van der Waals surface area contributed by atoms with Gasteiger partial charge >= 0.3 is 0 Å². The number of nitrogens with zero attached hydrogens (tertiary/aromatic N) is 2. The fourth-order valence-corrected chi connectivity index (χ4v) is 2.02. The quantitative estimate of drug-likeness (QED) is 0.548. The molecule has 0 unspecified atom stereocenters. The Balaban J connectivity index is 1.82. The second kappa shape index (κ2) is 10.2. The molecule has 0 saturated carbocycles. The smallest absolute Gasteiger partial charge is 0.262 e. The molecule has 2 aromatic carbocycles. The summed E-state index contributed by atoms with van der Waals surface area (Å²) in [5.74, 6) is 0.285. The molecule has 0 aliphatic rings. The Hall–Kier alpha value is -3.86. The molecule has 2 amide bonds. The molecule has 0 heterocycles. The third-order valence-electron chi connectivity index (χ3n) is 3.27. The lowest BCUT2D eigenvalue weighted by Crippen LogP contribution is -2.20. The molecule has 0 radical (unpaired) electrons. The van der Waals surface area contributed by atoms with Crippen LogP contribution >= 0.6 is 0 Å². The third-order valence-corrected chi connectivity index (χ3v) is 3.27. The average Bonchev–Trinajstić information content (AvgIpc) is 2.68. The van der Waals surface area contributed by atoms with Gasteiger partial charge in [0, 0.05) is 0 Å². The maximum Gasteiger partial charge on any atom is 0.262 e. The number of hydrogen-bond donors (Lipinski definition) is 2. The topological polar surface area (TPSA) is 113 Å². The zero-order valence-electron chi connectivity index (χ0n) is 14.6. The van der Waals surface area contributed by atoms with E-state index in [2.05, 4.69) is 15.8 Å². The van der Waals surface area contributed by atoms with Crippen LogP contribution in [0.5, 0.6) is 11.5 Å². The molecule has 138 valence electrons. The first-order valence-electron chi connectivity index (χ1n) is 7.97. The Kier molecular flexibility index (Phi) is 7.36. The molecule has 0 fully saturated rings. The van der Waals surface area contributed by atoms with E-state index in [4.69, 9.17) is 14.7 Å². The minimum Gasteiger partial charge on any atom is -0.495 e. The van der Waals surface area contributed by atoms with E-state index in [9.17, 15) is 9.59 Å². The van der Waals surface area contributed by atoms with Crippen LogP contribution in [0.4, 0.5) is 5.69 Å². The Labute approximate surface area is 156 Å². The first kappa shape index (κ1) is 19.5. The summed E-state index contributed by atoms with van der Waals surface area (Å²) in [6, 6.07) is 15.6. The van der Waals surface area contributed by atoms with Crippen LogP contribution in [-0.2, 0) is 9.59 Å². The van der Waals surface area contributed by atoms with E-state index in [-0.39, 0.29) is 18.9 Å². The standard InChI is InChI=1S/C19H18N4O4/c1-26-17-5-3-2-4-16(17)22-19(25)13-27-15-8-6-14(7-9-15)12-21-23-18(24)10-11-20/h2-9,12H,10,13H2,1H3,(H,22,25)(H,23,24)/b21-12-. The van der Waals surface area contributed by atoms with Crippen LogP contribution < -0.4 is 20.2 Å². The van der Waals surface area contributed by atoms with E-state index in [1.54, 1.807) is 48.5 Å².